The number of ether oxygens (including phenoxy) is 1. The first-order valence-corrected chi connectivity index (χ1v) is 6.92. The van der Waals surface area contributed by atoms with Crippen molar-refractivity contribution in [2.45, 2.75) is 6.61 Å². The molecule has 21 heavy (non-hydrogen) atoms. The number of amides is 1. The molecule has 0 radical (unpaired) electrons. The van der Waals surface area contributed by atoms with Crippen molar-refractivity contribution in [3.05, 3.63) is 59.1 Å². The van der Waals surface area contributed by atoms with Gasteiger partial charge in [0.15, 0.2) is 0 Å². The third kappa shape index (κ3) is 5.10. The van der Waals surface area contributed by atoms with Gasteiger partial charge in [-0.25, -0.2) is 0 Å². The first-order valence-electron chi connectivity index (χ1n) is 6.54. The topological polar surface area (TPSA) is 50.4 Å². The van der Waals surface area contributed by atoms with Crippen LogP contribution in [-0.2, 0) is 16.1 Å². The molecule has 0 unspecified atom stereocenters. The van der Waals surface area contributed by atoms with Crippen LogP contribution < -0.4 is 10.6 Å². The highest BCUT2D eigenvalue weighted by atomic mass is 35.5. The van der Waals surface area contributed by atoms with Crippen LogP contribution >= 0.6 is 11.6 Å². The van der Waals surface area contributed by atoms with Crippen molar-refractivity contribution in [2.75, 3.05) is 24.3 Å². The second-order valence-electron chi connectivity index (χ2n) is 4.54. The van der Waals surface area contributed by atoms with Crippen LogP contribution in [0, 0.1) is 0 Å². The SMILES string of the molecule is COCc1cccc(NCC(=O)Nc2ccc(Cl)cc2)c1. The van der Waals surface area contributed by atoms with E-state index in [0.717, 1.165) is 16.9 Å². The summed E-state index contributed by atoms with van der Waals surface area (Å²) >= 11 is 5.79. The van der Waals surface area contributed by atoms with Gasteiger partial charge in [0, 0.05) is 23.5 Å². The van der Waals surface area contributed by atoms with Gasteiger partial charge in [-0.3, -0.25) is 4.79 Å². The van der Waals surface area contributed by atoms with E-state index in [0.29, 0.717) is 11.6 Å². The normalized spacial score (nSPS) is 10.2. The Kier molecular flexibility index (Phi) is 5.60. The van der Waals surface area contributed by atoms with Crippen LogP contribution in [0.2, 0.25) is 5.02 Å². The molecular formula is C16H17ClN2O2. The van der Waals surface area contributed by atoms with E-state index < -0.39 is 0 Å². The predicted molar refractivity (Wildman–Crippen MR) is 85.7 cm³/mol. The molecule has 1 amide bonds. The molecule has 0 aromatic heterocycles. The molecule has 0 atom stereocenters. The van der Waals surface area contributed by atoms with Gasteiger partial charge >= 0.3 is 0 Å². The molecule has 0 saturated carbocycles. The lowest BCUT2D eigenvalue weighted by Gasteiger charge is -2.09. The Morgan fingerprint density at radius 1 is 1.14 bits per heavy atom. The minimum absolute atomic E-state index is 0.116. The van der Waals surface area contributed by atoms with Gasteiger partial charge < -0.3 is 15.4 Å². The number of rotatable bonds is 6. The van der Waals surface area contributed by atoms with Crippen LogP contribution in [0.1, 0.15) is 5.56 Å². The van der Waals surface area contributed by atoms with Gasteiger partial charge in [-0.1, -0.05) is 23.7 Å². The molecule has 110 valence electrons. The van der Waals surface area contributed by atoms with Gasteiger partial charge in [0.25, 0.3) is 0 Å². The minimum Gasteiger partial charge on any atom is -0.380 e. The Morgan fingerprint density at radius 3 is 2.62 bits per heavy atom. The number of halogens is 1. The van der Waals surface area contributed by atoms with E-state index in [-0.39, 0.29) is 12.5 Å². The number of hydrogen-bond acceptors (Lipinski definition) is 3. The lowest BCUT2D eigenvalue weighted by Crippen LogP contribution is -2.21. The van der Waals surface area contributed by atoms with E-state index in [1.54, 1.807) is 31.4 Å². The Labute approximate surface area is 129 Å². The number of carbonyl (C=O) groups is 1. The van der Waals surface area contributed by atoms with Crippen molar-refractivity contribution in [3.8, 4) is 0 Å². The van der Waals surface area contributed by atoms with Gasteiger partial charge in [-0.05, 0) is 42.0 Å². The molecule has 5 heteroatoms. The smallest absolute Gasteiger partial charge is 0.243 e. The van der Waals surface area contributed by atoms with E-state index in [4.69, 9.17) is 16.3 Å². The van der Waals surface area contributed by atoms with Crippen molar-refractivity contribution < 1.29 is 9.53 Å². The molecular weight excluding hydrogens is 288 g/mol. The Morgan fingerprint density at radius 2 is 1.90 bits per heavy atom. The van der Waals surface area contributed by atoms with Crippen LogP contribution in [0.4, 0.5) is 11.4 Å². The van der Waals surface area contributed by atoms with Gasteiger partial charge in [0.05, 0.1) is 13.2 Å². The van der Waals surface area contributed by atoms with Gasteiger partial charge in [-0.2, -0.15) is 0 Å². The van der Waals surface area contributed by atoms with Gasteiger partial charge in [0.1, 0.15) is 0 Å². The third-order valence-electron chi connectivity index (χ3n) is 2.82. The van der Waals surface area contributed by atoms with E-state index >= 15 is 0 Å². The molecule has 2 rings (SSSR count). The summed E-state index contributed by atoms with van der Waals surface area (Å²) in [7, 11) is 1.65. The van der Waals surface area contributed by atoms with Crippen molar-refractivity contribution in [1.82, 2.24) is 0 Å². The summed E-state index contributed by atoms with van der Waals surface area (Å²) in [6.07, 6.45) is 0. The molecule has 2 aromatic rings. The molecule has 0 spiro atoms. The number of carbonyl (C=O) groups excluding carboxylic acids is 1. The molecule has 0 aliphatic rings. The molecule has 4 nitrogen and oxygen atoms in total. The van der Waals surface area contributed by atoms with Gasteiger partial charge in [-0.15, -0.1) is 0 Å². The first kappa shape index (κ1) is 15.4. The summed E-state index contributed by atoms with van der Waals surface area (Å²) in [6, 6.07) is 14.8. The largest absolute Gasteiger partial charge is 0.380 e. The molecule has 0 aliphatic heterocycles. The maximum absolute atomic E-state index is 11.9. The average molecular weight is 305 g/mol. The predicted octanol–water partition coefficient (Wildman–Crippen LogP) is 3.54. The zero-order valence-corrected chi connectivity index (χ0v) is 12.5. The molecule has 0 fully saturated rings. The van der Waals surface area contributed by atoms with E-state index in [1.165, 1.54) is 0 Å². The molecule has 0 heterocycles. The summed E-state index contributed by atoms with van der Waals surface area (Å²) < 4.78 is 5.08. The van der Waals surface area contributed by atoms with E-state index in [2.05, 4.69) is 10.6 Å². The van der Waals surface area contributed by atoms with Crippen LogP contribution in [0.5, 0.6) is 0 Å². The fraction of sp³-hybridized carbons (Fsp3) is 0.188. The third-order valence-corrected chi connectivity index (χ3v) is 3.07. The zero-order valence-electron chi connectivity index (χ0n) is 11.7. The van der Waals surface area contributed by atoms with E-state index in [1.807, 2.05) is 24.3 Å². The summed E-state index contributed by atoms with van der Waals surface area (Å²) in [6.45, 7) is 0.742. The van der Waals surface area contributed by atoms with Gasteiger partial charge in [0.2, 0.25) is 5.91 Å². The average Bonchev–Trinajstić information content (AvgIpc) is 2.48. The first-order chi connectivity index (χ1) is 10.2. The van der Waals surface area contributed by atoms with Crippen molar-refractivity contribution in [2.24, 2.45) is 0 Å². The molecule has 2 N–H and O–H groups in total. The summed E-state index contributed by atoms with van der Waals surface area (Å²) in [5, 5.41) is 6.52. The number of anilines is 2. The standard InChI is InChI=1S/C16H17ClN2O2/c1-21-11-12-3-2-4-15(9-12)18-10-16(20)19-14-7-5-13(17)6-8-14/h2-9,18H,10-11H2,1H3,(H,19,20). The summed E-state index contributed by atoms with van der Waals surface area (Å²) in [4.78, 5) is 11.9. The fourth-order valence-electron chi connectivity index (χ4n) is 1.86. The highest BCUT2D eigenvalue weighted by molar-refractivity contribution is 6.30. The molecule has 2 aromatic carbocycles. The summed E-state index contributed by atoms with van der Waals surface area (Å²) in [5.74, 6) is -0.116. The highest BCUT2D eigenvalue weighted by Crippen LogP contribution is 2.14. The lowest BCUT2D eigenvalue weighted by molar-refractivity contribution is -0.114. The second kappa shape index (κ2) is 7.67. The Balaban J connectivity index is 1.86. The van der Waals surface area contributed by atoms with Crippen LogP contribution in [-0.4, -0.2) is 19.6 Å². The van der Waals surface area contributed by atoms with Crippen LogP contribution in [0.3, 0.4) is 0 Å². The van der Waals surface area contributed by atoms with E-state index in [9.17, 15) is 4.79 Å². The number of hydrogen-bond donors (Lipinski definition) is 2. The lowest BCUT2D eigenvalue weighted by atomic mass is 10.2. The Bertz CT molecular complexity index is 599. The second-order valence-corrected chi connectivity index (χ2v) is 4.98. The maximum atomic E-state index is 11.9. The Hall–Kier alpha value is -2.04. The maximum Gasteiger partial charge on any atom is 0.243 e. The van der Waals surface area contributed by atoms with Crippen molar-refractivity contribution >= 4 is 28.9 Å². The zero-order chi connectivity index (χ0) is 15.1. The monoisotopic (exact) mass is 304 g/mol. The van der Waals surface area contributed by atoms with Crippen LogP contribution in [0.15, 0.2) is 48.5 Å². The number of nitrogens with one attached hydrogen (secondary N) is 2. The highest BCUT2D eigenvalue weighted by Gasteiger charge is 2.03. The van der Waals surface area contributed by atoms with Crippen LogP contribution in [0.25, 0.3) is 0 Å². The molecule has 0 aliphatic carbocycles. The number of benzene rings is 2. The molecule has 0 bridgehead atoms. The minimum atomic E-state index is -0.116. The van der Waals surface area contributed by atoms with Crippen molar-refractivity contribution in [1.29, 1.82) is 0 Å². The summed E-state index contributed by atoms with van der Waals surface area (Å²) in [5.41, 5.74) is 2.66. The quantitative estimate of drug-likeness (QED) is 0.858. The van der Waals surface area contributed by atoms with Crippen molar-refractivity contribution in [3.63, 3.8) is 0 Å². The number of methoxy groups -OCH3 is 1. The molecule has 0 saturated heterocycles. The fourth-order valence-corrected chi connectivity index (χ4v) is 1.98.